The van der Waals surface area contributed by atoms with Gasteiger partial charge in [0.15, 0.2) is 5.76 Å². The average molecular weight is 364 g/mol. The second-order valence-electron chi connectivity index (χ2n) is 5.91. The number of aromatic nitrogens is 1. The van der Waals surface area contributed by atoms with Crippen LogP contribution in [-0.2, 0) is 0 Å². The SMILES string of the molecule is Cc1ccc2cc(/C=N\NC(=O)c3cc4ccccc4o3)c(Cl)nc2c1. The van der Waals surface area contributed by atoms with Gasteiger partial charge in [0.2, 0.25) is 0 Å². The zero-order chi connectivity index (χ0) is 18.1. The number of para-hydroxylation sites is 1. The second-order valence-corrected chi connectivity index (χ2v) is 6.27. The minimum atomic E-state index is -0.432. The summed E-state index contributed by atoms with van der Waals surface area (Å²) in [5, 5.41) is 6.10. The molecule has 2 aromatic carbocycles. The van der Waals surface area contributed by atoms with E-state index in [-0.39, 0.29) is 5.76 Å². The molecule has 26 heavy (non-hydrogen) atoms. The summed E-state index contributed by atoms with van der Waals surface area (Å²) in [6.45, 7) is 2.00. The first-order valence-corrected chi connectivity index (χ1v) is 8.37. The van der Waals surface area contributed by atoms with Crippen LogP contribution in [0.15, 0.2) is 64.1 Å². The van der Waals surface area contributed by atoms with Crippen LogP contribution in [0.3, 0.4) is 0 Å². The number of benzene rings is 2. The summed E-state index contributed by atoms with van der Waals surface area (Å²) in [4.78, 5) is 16.5. The van der Waals surface area contributed by atoms with Gasteiger partial charge >= 0.3 is 5.91 Å². The standard InChI is InChI=1S/C20H14ClN3O2/c1-12-6-7-13-9-15(19(21)23-16(13)8-12)11-22-24-20(25)18-10-14-4-2-3-5-17(14)26-18/h2-11H,1H3,(H,24,25)/b22-11-. The molecule has 0 saturated heterocycles. The number of fused-ring (bicyclic) bond motifs is 2. The number of aryl methyl sites for hydroxylation is 1. The Morgan fingerprint density at radius 2 is 2.00 bits per heavy atom. The number of halogens is 1. The lowest BCUT2D eigenvalue weighted by Gasteiger charge is -2.03. The number of amides is 1. The molecule has 0 aliphatic carbocycles. The van der Waals surface area contributed by atoms with Gasteiger partial charge in [-0.05, 0) is 36.8 Å². The summed E-state index contributed by atoms with van der Waals surface area (Å²) in [6, 6.07) is 16.9. The van der Waals surface area contributed by atoms with Crippen LogP contribution in [0.1, 0.15) is 21.7 Å². The van der Waals surface area contributed by atoms with E-state index < -0.39 is 5.91 Å². The van der Waals surface area contributed by atoms with E-state index >= 15 is 0 Å². The van der Waals surface area contributed by atoms with Crippen molar-refractivity contribution in [1.29, 1.82) is 0 Å². The highest BCUT2D eigenvalue weighted by atomic mass is 35.5. The van der Waals surface area contributed by atoms with Crippen LogP contribution in [0.2, 0.25) is 5.15 Å². The Kier molecular flexibility index (Phi) is 4.14. The molecule has 4 aromatic rings. The number of furan rings is 1. The fourth-order valence-electron chi connectivity index (χ4n) is 2.67. The second kappa shape index (κ2) is 6.61. The summed E-state index contributed by atoms with van der Waals surface area (Å²) in [6.07, 6.45) is 1.47. The predicted octanol–water partition coefficient (Wildman–Crippen LogP) is 4.71. The van der Waals surface area contributed by atoms with Crippen molar-refractivity contribution < 1.29 is 9.21 Å². The minimum Gasteiger partial charge on any atom is -0.451 e. The molecule has 2 aromatic heterocycles. The molecule has 0 aliphatic heterocycles. The van der Waals surface area contributed by atoms with Crippen molar-refractivity contribution in [1.82, 2.24) is 10.4 Å². The fourth-order valence-corrected chi connectivity index (χ4v) is 2.86. The summed E-state index contributed by atoms with van der Waals surface area (Å²) in [7, 11) is 0. The van der Waals surface area contributed by atoms with Crippen LogP contribution in [0.4, 0.5) is 0 Å². The van der Waals surface area contributed by atoms with Gasteiger partial charge < -0.3 is 4.42 Å². The number of hydrazone groups is 1. The Morgan fingerprint density at radius 1 is 1.15 bits per heavy atom. The number of pyridine rings is 1. The van der Waals surface area contributed by atoms with E-state index in [1.54, 1.807) is 12.1 Å². The quantitative estimate of drug-likeness (QED) is 0.325. The molecule has 5 nitrogen and oxygen atoms in total. The number of hydrogen-bond donors (Lipinski definition) is 1. The molecule has 0 atom stereocenters. The first-order valence-electron chi connectivity index (χ1n) is 7.99. The van der Waals surface area contributed by atoms with Crippen molar-refractivity contribution in [3.05, 3.63) is 76.6 Å². The Labute approximate surface area is 154 Å². The van der Waals surface area contributed by atoms with Gasteiger partial charge in [-0.2, -0.15) is 5.10 Å². The summed E-state index contributed by atoms with van der Waals surface area (Å²) >= 11 is 6.21. The van der Waals surface area contributed by atoms with Crippen molar-refractivity contribution in [3.8, 4) is 0 Å². The van der Waals surface area contributed by atoms with E-state index in [1.165, 1.54) is 6.21 Å². The van der Waals surface area contributed by atoms with Crippen LogP contribution in [-0.4, -0.2) is 17.1 Å². The van der Waals surface area contributed by atoms with Crippen LogP contribution in [0.5, 0.6) is 0 Å². The zero-order valence-electron chi connectivity index (χ0n) is 13.9. The first-order chi connectivity index (χ1) is 12.6. The predicted molar refractivity (Wildman–Crippen MR) is 103 cm³/mol. The van der Waals surface area contributed by atoms with E-state index in [0.717, 1.165) is 21.9 Å². The topological polar surface area (TPSA) is 67.5 Å². The van der Waals surface area contributed by atoms with Gasteiger partial charge in [-0.1, -0.05) is 41.9 Å². The number of rotatable bonds is 3. The molecule has 2 heterocycles. The highest BCUT2D eigenvalue weighted by molar-refractivity contribution is 6.32. The lowest BCUT2D eigenvalue weighted by Crippen LogP contribution is -2.16. The average Bonchev–Trinajstić information content (AvgIpc) is 3.06. The minimum absolute atomic E-state index is 0.196. The summed E-state index contributed by atoms with van der Waals surface area (Å²) in [5.74, 6) is -0.237. The normalized spacial score (nSPS) is 11.5. The highest BCUT2D eigenvalue weighted by Crippen LogP contribution is 2.21. The van der Waals surface area contributed by atoms with E-state index in [1.807, 2.05) is 49.4 Å². The molecule has 4 rings (SSSR count). The molecule has 1 N–H and O–H groups in total. The molecule has 0 radical (unpaired) electrons. The van der Waals surface area contributed by atoms with Gasteiger partial charge in [0.1, 0.15) is 10.7 Å². The van der Waals surface area contributed by atoms with E-state index in [0.29, 0.717) is 16.3 Å². The molecule has 0 bridgehead atoms. The summed E-state index contributed by atoms with van der Waals surface area (Å²) in [5.41, 5.74) is 5.64. The number of carbonyl (C=O) groups excluding carboxylic acids is 1. The molecule has 1 amide bonds. The fraction of sp³-hybridized carbons (Fsp3) is 0.0500. The third-order valence-electron chi connectivity index (χ3n) is 3.97. The Bertz CT molecular complexity index is 1130. The molecule has 6 heteroatoms. The van der Waals surface area contributed by atoms with Crippen molar-refractivity contribution in [2.24, 2.45) is 5.10 Å². The number of hydrogen-bond acceptors (Lipinski definition) is 4. The van der Waals surface area contributed by atoms with E-state index in [2.05, 4.69) is 15.5 Å². The van der Waals surface area contributed by atoms with Crippen LogP contribution in [0.25, 0.3) is 21.9 Å². The highest BCUT2D eigenvalue weighted by Gasteiger charge is 2.11. The van der Waals surface area contributed by atoms with Gasteiger partial charge in [-0.3, -0.25) is 4.79 Å². The van der Waals surface area contributed by atoms with Gasteiger partial charge in [-0.15, -0.1) is 0 Å². The number of carbonyl (C=O) groups is 1. The van der Waals surface area contributed by atoms with Gasteiger partial charge in [-0.25, -0.2) is 10.4 Å². The third-order valence-corrected chi connectivity index (χ3v) is 4.28. The van der Waals surface area contributed by atoms with Crippen molar-refractivity contribution in [2.75, 3.05) is 0 Å². The molecule has 0 unspecified atom stereocenters. The van der Waals surface area contributed by atoms with E-state index in [9.17, 15) is 4.79 Å². The summed E-state index contributed by atoms with van der Waals surface area (Å²) < 4.78 is 5.50. The Balaban J connectivity index is 1.54. The molecule has 0 aliphatic rings. The molecule has 128 valence electrons. The molecular formula is C20H14ClN3O2. The zero-order valence-corrected chi connectivity index (χ0v) is 14.6. The molecule has 0 spiro atoms. The maximum Gasteiger partial charge on any atom is 0.307 e. The van der Waals surface area contributed by atoms with Gasteiger partial charge in [0.05, 0.1) is 11.7 Å². The lowest BCUT2D eigenvalue weighted by atomic mass is 10.1. The van der Waals surface area contributed by atoms with Crippen molar-refractivity contribution in [2.45, 2.75) is 6.92 Å². The smallest absolute Gasteiger partial charge is 0.307 e. The van der Waals surface area contributed by atoms with Crippen molar-refractivity contribution >= 4 is 45.6 Å². The lowest BCUT2D eigenvalue weighted by molar-refractivity contribution is 0.0929. The molecular weight excluding hydrogens is 350 g/mol. The maximum atomic E-state index is 12.2. The van der Waals surface area contributed by atoms with Crippen LogP contribution >= 0.6 is 11.6 Å². The third kappa shape index (κ3) is 3.17. The number of nitrogens with zero attached hydrogens (tertiary/aromatic N) is 2. The Hall–Kier alpha value is -3.18. The number of nitrogens with one attached hydrogen (secondary N) is 1. The maximum absolute atomic E-state index is 12.2. The first kappa shape index (κ1) is 16.3. The molecule has 0 fully saturated rings. The van der Waals surface area contributed by atoms with Gasteiger partial charge in [0.25, 0.3) is 0 Å². The van der Waals surface area contributed by atoms with Crippen molar-refractivity contribution in [3.63, 3.8) is 0 Å². The van der Waals surface area contributed by atoms with Crippen LogP contribution in [0, 0.1) is 6.92 Å². The molecule has 0 saturated carbocycles. The Morgan fingerprint density at radius 3 is 2.85 bits per heavy atom. The monoisotopic (exact) mass is 363 g/mol. The van der Waals surface area contributed by atoms with Crippen LogP contribution < -0.4 is 5.43 Å². The largest absolute Gasteiger partial charge is 0.451 e. The van der Waals surface area contributed by atoms with Gasteiger partial charge in [0, 0.05) is 16.3 Å². The van der Waals surface area contributed by atoms with E-state index in [4.69, 9.17) is 16.0 Å².